The number of H-pyrrole nitrogens is 2. The predicted octanol–water partition coefficient (Wildman–Crippen LogP) is 1.99. The van der Waals surface area contributed by atoms with Crippen molar-refractivity contribution < 1.29 is 9.90 Å². The molecule has 8 heteroatoms. The minimum absolute atomic E-state index is 0.0317. The van der Waals surface area contributed by atoms with Crippen molar-refractivity contribution in [1.82, 2.24) is 29.8 Å². The first-order chi connectivity index (χ1) is 11.6. The van der Waals surface area contributed by atoms with Crippen LogP contribution in [-0.2, 0) is 13.1 Å². The molecule has 0 saturated heterocycles. The molecular weight excluding hydrogens is 308 g/mol. The van der Waals surface area contributed by atoms with Crippen LogP contribution in [0.1, 0.15) is 40.7 Å². The molecule has 3 heterocycles. The summed E-state index contributed by atoms with van der Waals surface area (Å²) in [4.78, 5) is 31.9. The maximum absolute atomic E-state index is 10.9. The Labute approximate surface area is 138 Å². The third-order valence-corrected chi connectivity index (χ3v) is 3.80. The van der Waals surface area contributed by atoms with Crippen LogP contribution in [0.3, 0.4) is 0 Å². The molecule has 24 heavy (non-hydrogen) atoms. The Kier molecular flexibility index (Phi) is 4.66. The van der Waals surface area contributed by atoms with E-state index in [2.05, 4.69) is 36.7 Å². The van der Waals surface area contributed by atoms with Gasteiger partial charge < -0.3 is 15.1 Å². The van der Waals surface area contributed by atoms with E-state index in [4.69, 9.17) is 5.11 Å². The van der Waals surface area contributed by atoms with Crippen molar-refractivity contribution in [1.29, 1.82) is 0 Å². The van der Waals surface area contributed by atoms with Gasteiger partial charge in [0.1, 0.15) is 17.3 Å². The van der Waals surface area contributed by atoms with Crippen molar-refractivity contribution in [3.05, 3.63) is 66.0 Å². The Bertz CT molecular complexity index is 768. The molecular formula is C16H18N6O2. The summed E-state index contributed by atoms with van der Waals surface area (Å²) in [6, 6.07) is 3.32. The van der Waals surface area contributed by atoms with Crippen LogP contribution in [0.4, 0.5) is 0 Å². The van der Waals surface area contributed by atoms with Crippen LogP contribution < -0.4 is 0 Å². The highest BCUT2D eigenvalue weighted by atomic mass is 16.4. The van der Waals surface area contributed by atoms with E-state index in [9.17, 15) is 4.79 Å². The minimum atomic E-state index is -1.03. The lowest BCUT2D eigenvalue weighted by Crippen LogP contribution is -2.27. The number of hydrogen-bond acceptors (Lipinski definition) is 5. The van der Waals surface area contributed by atoms with E-state index in [1.807, 2.05) is 0 Å². The van der Waals surface area contributed by atoms with Gasteiger partial charge in [0, 0.05) is 37.5 Å². The molecule has 0 bridgehead atoms. The molecule has 3 rings (SSSR count). The number of carbonyl (C=O) groups is 1. The highest BCUT2D eigenvalue weighted by molar-refractivity contribution is 5.85. The first-order valence-corrected chi connectivity index (χ1v) is 7.53. The summed E-state index contributed by atoms with van der Waals surface area (Å²) in [6.45, 7) is 3.26. The van der Waals surface area contributed by atoms with E-state index in [1.165, 1.54) is 6.07 Å². The monoisotopic (exact) mass is 326 g/mol. The predicted molar refractivity (Wildman–Crippen MR) is 86.0 cm³/mol. The van der Waals surface area contributed by atoms with Crippen molar-refractivity contribution in [2.75, 3.05) is 0 Å². The van der Waals surface area contributed by atoms with Crippen LogP contribution in [-0.4, -0.2) is 40.9 Å². The van der Waals surface area contributed by atoms with Gasteiger partial charge >= 0.3 is 5.97 Å². The van der Waals surface area contributed by atoms with Crippen molar-refractivity contribution in [2.45, 2.75) is 26.1 Å². The highest BCUT2D eigenvalue weighted by Crippen LogP contribution is 2.21. The number of aromatic carboxylic acids is 1. The van der Waals surface area contributed by atoms with Crippen LogP contribution in [0.25, 0.3) is 0 Å². The minimum Gasteiger partial charge on any atom is -0.477 e. The number of carboxylic acids is 1. The van der Waals surface area contributed by atoms with E-state index < -0.39 is 5.97 Å². The van der Waals surface area contributed by atoms with E-state index in [-0.39, 0.29) is 11.7 Å². The van der Waals surface area contributed by atoms with E-state index in [0.29, 0.717) is 13.1 Å². The number of nitrogens with one attached hydrogen (secondary N) is 2. The Morgan fingerprint density at radius 2 is 1.96 bits per heavy atom. The molecule has 1 atom stereocenters. The summed E-state index contributed by atoms with van der Waals surface area (Å²) in [5, 5.41) is 8.94. The summed E-state index contributed by atoms with van der Waals surface area (Å²) >= 11 is 0. The zero-order chi connectivity index (χ0) is 16.9. The quantitative estimate of drug-likeness (QED) is 0.612. The lowest BCUT2D eigenvalue weighted by atomic mass is 10.2. The topological polar surface area (TPSA) is 111 Å². The molecule has 0 saturated carbocycles. The van der Waals surface area contributed by atoms with Gasteiger partial charge in [0.05, 0.1) is 12.6 Å². The smallest absolute Gasteiger partial charge is 0.354 e. The molecule has 1 unspecified atom stereocenters. The van der Waals surface area contributed by atoms with Crippen LogP contribution in [0.5, 0.6) is 0 Å². The standard InChI is InChI=1S/C16H18N6O2/c1-11(15-19-6-7-20-15)22(10-14-17-4-5-18-14)9-12-2-3-13(16(23)24)21-8-12/h2-8,11H,9-10H2,1H3,(H,17,18)(H,19,20)(H,23,24). The average Bonchev–Trinajstić information content (AvgIpc) is 3.28. The maximum atomic E-state index is 10.9. The second-order valence-electron chi connectivity index (χ2n) is 5.45. The molecule has 3 N–H and O–H groups in total. The van der Waals surface area contributed by atoms with E-state index in [1.54, 1.807) is 37.1 Å². The Morgan fingerprint density at radius 3 is 2.54 bits per heavy atom. The first-order valence-electron chi connectivity index (χ1n) is 7.53. The zero-order valence-corrected chi connectivity index (χ0v) is 13.2. The second kappa shape index (κ2) is 7.05. The molecule has 0 aliphatic heterocycles. The summed E-state index contributed by atoms with van der Waals surface area (Å²) in [5.74, 6) is 0.679. The number of hydrogen-bond donors (Lipinski definition) is 3. The summed E-state index contributed by atoms with van der Waals surface area (Å²) in [6.07, 6.45) is 8.61. The number of imidazole rings is 2. The fourth-order valence-corrected chi connectivity index (χ4v) is 2.46. The third kappa shape index (κ3) is 3.66. The number of nitrogens with zero attached hydrogens (tertiary/aromatic N) is 4. The molecule has 0 radical (unpaired) electrons. The molecule has 0 aliphatic rings. The number of rotatable bonds is 7. The number of pyridine rings is 1. The van der Waals surface area contributed by atoms with Gasteiger partial charge in [-0.25, -0.2) is 19.7 Å². The number of aromatic amines is 2. The fourth-order valence-electron chi connectivity index (χ4n) is 2.46. The molecule has 0 fully saturated rings. The summed E-state index contributed by atoms with van der Waals surface area (Å²) < 4.78 is 0. The molecule has 124 valence electrons. The van der Waals surface area contributed by atoms with Crippen LogP contribution in [0.2, 0.25) is 0 Å². The lowest BCUT2D eigenvalue weighted by Gasteiger charge is -2.27. The average molecular weight is 326 g/mol. The van der Waals surface area contributed by atoms with Crippen molar-refractivity contribution >= 4 is 5.97 Å². The molecule has 3 aromatic rings. The normalized spacial score (nSPS) is 12.4. The zero-order valence-electron chi connectivity index (χ0n) is 13.2. The van der Waals surface area contributed by atoms with Crippen molar-refractivity contribution in [3.63, 3.8) is 0 Å². The molecule has 3 aromatic heterocycles. The largest absolute Gasteiger partial charge is 0.477 e. The van der Waals surface area contributed by atoms with Crippen LogP contribution in [0, 0.1) is 0 Å². The highest BCUT2D eigenvalue weighted by Gasteiger charge is 2.19. The maximum Gasteiger partial charge on any atom is 0.354 e. The fraction of sp³-hybridized carbons (Fsp3) is 0.250. The van der Waals surface area contributed by atoms with Gasteiger partial charge in [0.2, 0.25) is 0 Å². The van der Waals surface area contributed by atoms with Crippen LogP contribution >= 0.6 is 0 Å². The van der Waals surface area contributed by atoms with Gasteiger partial charge in [-0.2, -0.15) is 0 Å². The Morgan fingerprint density at radius 1 is 1.17 bits per heavy atom. The molecule has 0 aliphatic carbocycles. The van der Waals surface area contributed by atoms with Gasteiger partial charge in [0.25, 0.3) is 0 Å². The SMILES string of the molecule is CC(c1ncc[nH]1)N(Cc1ccc(C(=O)O)nc1)Cc1ncc[nH]1. The number of aromatic nitrogens is 5. The molecule has 0 amide bonds. The lowest BCUT2D eigenvalue weighted by molar-refractivity contribution is 0.0690. The summed E-state index contributed by atoms with van der Waals surface area (Å²) in [7, 11) is 0. The van der Waals surface area contributed by atoms with Gasteiger partial charge in [-0.3, -0.25) is 4.90 Å². The van der Waals surface area contributed by atoms with E-state index in [0.717, 1.165) is 17.2 Å². The summed E-state index contributed by atoms with van der Waals surface area (Å²) in [5.41, 5.74) is 0.959. The Balaban J connectivity index is 1.79. The number of carboxylic acid groups (broad SMARTS) is 1. The van der Waals surface area contributed by atoms with Gasteiger partial charge in [-0.15, -0.1) is 0 Å². The molecule has 0 aromatic carbocycles. The Hall–Kier alpha value is -3.00. The van der Waals surface area contributed by atoms with Crippen molar-refractivity contribution in [2.24, 2.45) is 0 Å². The van der Waals surface area contributed by atoms with E-state index >= 15 is 0 Å². The first kappa shape index (κ1) is 15.9. The van der Waals surface area contributed by atoms with Crippen molar-refractivity contribution in [3.8, 4) is 0 Å². The second-order valence-corrected chi connectivity index (χ2v) is 5.45. The van der Waals surface area contributed by atoms with Crippen LogP contribution in [0.15, 0.2) is 43.1 Å². The van der Waals surface area contributed by atoms with Gasteiger partial charge in [0.15, 0.2) is 0 Å². The molecule has 0 spiro atoms. The van der Waals surface area contributed by atoms with Gasteiger partial charge in [-0.1, -0.05) is 6.07 Å². The third-order valence-electron chi connectivity index (χ3n) is 3.80. The van der Waals surface area contributed by atoms with Gasteiger partial charge in [-0.05, 0) is 18.6 Å². The molecule has 8 nitrogen and oxygen atoms in total.